The molecule has 1 N–H and O–H groups in total. The number of thioether (sulfide) groups is 1. The molecule has 0 aliphatic carbocycles. The van der Waals surface area contributed by atoms with Crippen LogP contribution in [-0.4, -0.2) is 17.6 Å². The van der Waals surface area contributed by atoms with Crippen molar-refractivity contribution in [2.75, 3.05) is 16.0 Å². The molecule has 2 amide bonds. The third kappa shape index (κ3) is 4.07. The molecule has 1 atom stereocenters. The van der Waals surface area contributed by atoms with E-state index in [0.717, 1.165) is 11.1 Å². The van der Waals surface area contributed by atoms with Gasteiger partial charge in [0.2, 0.25) is 5.91 Å². The first kappa shape index (κ1) is 20.1. The van der Waals surface area contributed by atoms with Crippen LogP contribution in [0, 0.1) is 18.6 Å². The van der Waals surface area contributed by atoms with Crippen LogP contribution in [0.1, 0.15) is 26.9 Å². The topological polar surface area (TPSA) is 49.4 Å². The standard InChI is InChI=1S/C23H18F2N2O2S/c1-14-12-16(22(29)26-19-9-7-18(25)8-10-19)4-11-20(14)27-21(28)13-30-23(27)15-2-5-17(24)6-3-15/h2-12,23H,13H2,1H3,(H,26,29). The molecule has 1 aliphatic rings. The predicted octanol–water partition coefficient (Wildman–Crippen LogP) is 5.30. The van der Waals surface area contributed by atoms with Gasteiger partial charge in [0.1, 0.15) is 17.0 Å². The van der Waals surface area contributed by atoms with E-state index in [1.807, 2.05) is 6.92 Å². The zero-order valence-corrected chi connectivity index (χ0v) is 16.9. The third-order valence-electron chi connectivity index (χ3n) is 4.84. The molecule has 7 heteroatoms. The van der Waals surface area contributed by atoms with Crippen LogP contribution in [0.25, 0.3) is 0 Å². The van der Waals surface area contributed by atoms with Crippen LogP contribution in [0.15, 0.2) is 66.7 Å². The van der Waals surface area contributed by atoms with Gasteiger partial charge in [-0.2, -0.15) is 0 Å². The fraction of sp³-hybridized carbons (Fsp3) is 0.130. The van der Waals surface area contributed by atoms with Crippen LogP contribution in [0.2, 0.25) is 0 Å². The number of amides is 2. The van der Waals surface area contributed by atoms with E-state index in [-0.39, 0.29) is 28.8 Å². The van der Waals surface area contributed by atoms with Crippen molar-refractivity contribution in [3.63, 3.8) is 0 Å². The highest BCUT2D eigenvalue weighted by Crippen LogP contribution is 2.42. The van der Waals surface area contributed by atoms with E-state index >= 15 is 0 Å². The number of carbonyl (C=O) groups excluding carboxylic acids is 2. The van der Waals surface area contributed by atoms with E-state index in [1.54, 1.807) is 35.2 Å². The van der Waals surface area contributed by atoms with E-state index < -0.39 is 0 Å². The van der Waals surface area contributed by atoms with Crippen LogP contribution in [0.5, 0.6) is 0 Å². The maximum absolute atomic E-state index is 13.3. The quantitative estimate of drug-likeness (QED) is 0.618. The van der Waals surface area contributed by atoms with E-state index in [2.05, 4.69) is 5.32 Å². The lowest BCUT2D eigenvalue weighted by Crippen LogP contribution is -2.28. The van der Waals surface area contributed by atoms with Crippen molar-refractivity contribution >= 4 is 35.0 Å². The molecule has 3 aromatic rings. The van der Waals surface area contributed by atoms with Crippen LogP contribution in [-0.2, 0) is 4.79 Å². The Morgan fingerprint density at radius 2 is 1.63 bits per heavy atom. The number of benzene rings is 3. The molecule has 1 saturated heterocycles. The Kier molecular flexibility index (Phi) is 5.55. The minimum absolute atomic E-state index is 0.0408. The van der Waals surface area contributed by atoms with Gasteiger partial charge in [-0.25, -0.2) is 8.78 Å². The average Bonchev–Trinajstić information content (AvgIpc) is 3.11. The van der Waals surface area contributed by atoms with E-state index in [0.29, 0.717) is 22.7 Å². The number of nitrogens with one attached hydrogen (secondary N) is 1. The Morgan fingerprint density at radius 3 is 2.27 bits per heavy atom. The highest BCUT2D eigenvalue weighted by molar-refractivity contribution is 8.00. The van der Waals surface area contributed by atoms with Crippen LogP contribution in [0.3, 0.4) is 0 Å². The summed E-state index contributed by atoms with van der Waals surface area (Å²) in [7, 11) is 0. The zero-order valence-electron chi connectivity index (χ0n) is 16.1. The Labute approximate surface area is 176 Å². The second-order valence-electron chi connectivity index (χ2n) is 6.94. The smallest absolute Gasteiger partial charge is 0.255 e. The van der Waals surface area contributed by atoms with Crippen LogP contribution in [0.4, 0.5) is 20.2 Å². The van der Waals surface area contributed by atoms with Gasteiger partial charge in [0.05, 0.1) is 5.75 Å². The molecule has 1 fully saturated rings. The molecule has 0 saturated carbocycles. The van der Waals surface area contributed by atoms with Crippen molar-refractivity contribution in [2.45, 2.75) is 12.3 Å². The van der Waals surface area contributed by atoms with Crippen molar-refractivity contribution in [1.29, 1.82) is 0 Å². The first-order valence-corrected chi connectivity index (χ1v) is 10.3. The Bertz CT molecular complexity index is 1100. The summed E-state index contributed by atoms with van der Waals surface area (Å²) in [5.74, 6) is -0.743. The maximum Gasteiger partial charge on any atom is 0.255 e. The molecular weight excluding hydrogens is 406 g/mol. The fourth-order valence-corrected chi connectivity index (χ4v) is 4.53. The van der Waals surface area contributed by atoms with Crippen molar-refractivity contribution in [3.05, 3.63) is 95.1 Å². The first-order valence-electron chi connectivity index (χ1n) is 9.29. The highest BCUT2D eigenvalue weighted by atomic mass is 32.2. The normalized spacial score (nSPS) is 16.0. The van der Waals surface area contributed by atoms with Crippen molar-refractivity contribution < 1.29 is 18.4 Å². The van der Waals surface area contributed by atoms with Crippen LogP contribution < -0.4 is 10.2 Å². The minimum atomic E-state index is -0.378. The molecule has 0 aromatic heterocycles. The van der Waals surface area contributed by atoms with Gasteiger partial charge >= 0.3 is 0 Å². The monoisotopic (exact) mass is 424 g/mol. The molecule has 152 valence electrons. The maximum atomic E-state index is 13.3. The molecular formula is C23H18F2N2O2S. The second kappa shape index (κ2) is 8.28. The highest BCUT2D eigenvalue weighted by Gasteiger charge is 2.34. The first-order chi connectivity index (χ1) is 14.4. The van der Waals surface area contributed by atoms with Gasteiger partial charge < -0.3 is 5.32 Å². The number of carbonyl (C=O) groups is 2. The van der Waals surface area contributed by atoms with Crippen molar-refractivity contribution in [1.82, 2.24) is 0 Å². The summed E-state index contributed by atoms with van der Waals surface area (Å²) in [6, 6.07) is 16.8. The van der Waals surface area contributed by atoms with Crippen LogP contribution >= 0.6 is 11.8 Å². The van der Waals surface area contributed by atoms with Gasteiger partial charge in [0.15, 0.2) is 0 Å². The number of anilines is 2. The molecule has 0 bridgehead atoms. The van der Waals surface area contributed by atoms with Crippen molar-refractivity contribution in [3.8, 4) is 0 Å². The van der Waals surface area contributed by atoms with Gasteiger partial charge in [0, 0.05) is 16.9 Å². The summed E-state index contributed by atoms with van der Waals surface area (Å²) in [6.45, 7) is 1.84. The number of rotatable bonds is 4. The van der Waals surface area contributed by atoms with E-state index in [1.165, 1.54) is 48.2 Å². The zero-order chi connectivity index (χ0) is 21.3. The number of nitrogens with zero attached hydrogens (tertiary/aromatic N) is 1. The van der Waals surface area contributed by atoms with Gasteiger partial charge in [-0.15, -0.1) is 11.8 Å². The summed E-state index contributed by atoms with van der Waals surface area (Å²) in [6.07, 6.45) is 0. The van der Waals surface area contributed by atoms with Gasteiger partial charge in [0.25, 0.3) is 5.91 Å². The molecule has 1 heterocycles. The molecule has 1 aliphatic heterocycles. The van der Waals surface area contributed by atoms with Gasteiger partial charge in [-0.3, -0.25) is 14.5 Å². The number of hydrogen-bond donors (Lipinski definition) is 1. The Balaban J connectivity index is 1.58. The number of halogens is 2. The Morgan fingerprint density at radius 1 is 1.00 bits per heavy atom. The average molecular weight is 424 g/mol. The minimum Gasteiger partial charge on any atom is -0.322 e. The molecule has 4 nitrogen and oxygen atoms in total. The largest absolute Gasteiger partial charge is 0.322 e. The molecule has 0 radical (unpaired) electrons. The predicted molar refractivity (Wildman–Crippen MR) is 115 cm³/mol. The van der Waals surface area contributed by atoms with E-state index in [9.17, 15) is 18.4 Å². The molecule has 0 spiro atoms. The second-order valence-corrected chi connectivity index (χ2v) is 8.01. The summed E-state index contributed by atoms with van der Waals surface area (Å²) in [5, 5.41) is 2.47. The van der Waals surface area contributed by atoms with Gasteiger partial charge in [-0.1, -0.05) is 12.1 Å². The van der Waals surface area contributed by atoms with Crippen molar-refractivity contribution in [2.24, 2.45) is 0 Å². The third-order valence-corrected chi connectivity index (χ3v) is 6.06. The number of hydrogen-bond acceptors (Lipinski definition) is 3. The molecule has 4 rings (SSSR count). The summed E-state index contributed by atoms with van der Waals surface area (Å²) in [4.78, 5) is 26.8. The summed E-state index contributed by atoms with van der Waals surface area (Å²) >= 11 is 1.48. The van der Waals surface area contributed by atoms with Gasteiger partial charge in [-0.05, 0) is 72.6 Å². The lowest BCUT2D eigenvalue weighted by atomic mass is 10.1. The Hall–Kier alpha value is -3.19. The van der Waals surface area contributed by atoms with E-state index in [4.69, 9.17) is 0 Å². The summed E-state index contributed by atoms with van der Waals surface area (Å²) in [5.41, 5.74) is 3.23. The lowest BCUT2D eigenvalue weighted by Gasteiger charge is -2.26. The molecule has 3 aromatic carbocycles. The molecule has 1 unspecified atom stereocenters. The fourth-order valence-electron chi connectivity index (χ4n) is 3.36. The lowest BCUT2D eigenvalue weighted by molar-refractivity contribution is -0.115. The summed E-state index contributed by atoms with van der Waals surface area (Å²) < 4.78 is 26.3. The molecule has 30 heavy (non-hydrogen) atoms. The number of aryl methyl sites for hydroxylation is 1. The SMILES string of the molecule is Cc1cc(C(=O)Nc2ccc(F)cc2)ccc1N1C(=O)CSC1c1ccc(F)cc1.